The molecule has 12 rings (SSSR count). The van der Waals surface area contributed by atoms with Crippen molar-refractivity contribution in [2.45, 2.75) is 102 Å². The van der Waals surface area contributed by atoms with Gasteiger partial charge in [-0.15, -0.1) is 0 Å². The molecule has 9 atom stereocenters. The molecule has 3 nitrogen and oxygen atoms in total. The Kier molecular flexibility index (Phi) is 8.47. The van der Waals surface area contributed by atoms with Gasteiger partial charge in [0.1, 0.15) is 5.82 Å². The fraction of sp³-hybridized carbons (Fsp3) is 0.375. The smallest absolute Gasteiger partial charge is 0.130 e. The predicted molar refractivity (Wildman–Crippen MR) is 244 cm³/mol. The molecular formula is C56H57N3. The zero-order valence-corrected chi connectivity index (χ0v) is 34.8. The fourth-order valence-electron chi connectivity index (χ4n) is 13.7. The molecule has 1 saturated heterocycles. The Hall–Kier alpha value is -5.15. The quantitative estimate of drug-likeness (QED) is 0.188. The molecule has 0 radical (unpaired) electrons. The molecule has 4 aromatic rings. The Morgan fingerprint density at radius 2 is 1.51 bits per heavy atom. The molecule has 3 aromatic carbocycles. The van der Waals surface area contributed by atoms with Crippen molar-refractivity contribution in [3.8, 4) is 22.4 Å². The van der Waals surface area contributed by atoms with Crippen LogP contribution in [-0.2, 0) is 0 Å². The maximum atomic E-state index is 5.51. The zero-order chi connectivity index (χ0) is 39.2. The van der Waals surface area contributed by atoms with E-state index in [2.05, 4.69) is 169 Å². The first kappa shape index (κ1) is 35.8. The third-order valence-electron chi connectivity index (χ3n) is 16.3. The molecule has 1 saturated carbocycles. The van der Waals surface area contributed by atoms with Crippen molar-refractivity contribution in [1.29, 1.82) is 0 Å². The molecule has 9 unspecified atom stereocenters. The van der Waals surface area contributed by atoms with E-state index >= 15 is 0 Å². The van der Waals surface area contributed by atoms with E-state index < -0.39 is 0 Å². The third kappa shape index (κ3) is 5.70. The molecule has 59 heavy (non-hydrogen) atoms. The number of allylic oxidation sites excluding steroid dienone is 8. The summed E-state index contributed by atoms with van der Waals surface area (Å²) in [6.45, 7) is 4.99. The second-order valence-electron chi connectivity index (χ2n) is 19.5. The average Bonchev–Trinajstić information content (AvgIpc) is 3.89. The molecule has 0 spiro atoms. The Balaban J connectivity index is 0.838. The van der Waals surface area contributed by atoms with E-state index in [0.29, 0.717) is 53.8 Å². The number of para-hydroxylation sites is 1. The Morgan fingerprint density at radius 3 is 2.37 bits per heavy atom. The van der Waals surface area contributed by atoms with Crippen LogP contribution >= 0.6 is 0 Å². The summed E-state index contributed by atoms with van der Waals surface area (Å²) >= 11 is 0. The van der Waals surface area contributed by atoms with Crippen LogP contribution in [0.3, 0.4) is 0 Å². The fourth-order valence-corrected chi connectivity index (χ4v) is 13.7. The summed E-state index contributed by atoms with van der Waals surface area (Å²) in [5.41, 5.74) is 14.6. The van der Waals surface area contributed by atoms with Gasteiger partial charge < -0.3 is 9.80 Å². The highest BCUT2D eigenvalue weighted by molar-refractivity contribution is 5.75. The molecule has 3 heteroatoms. The van der Waals surface area contributed by atoms with Gasteiger partial charge in [-0.3, -0.25) is 0 Å². The number of pyridine rings is 1. The minimum Gasteiger partial charge on any atom is -0.361 e. The third-order valence-corrected chi connectivity index (χ3v) is 16.3. The first-order valence-electron chi connectivity index (χ1n) is 23.0. The van der Waals surface area contributed by atoms with Crippen LogP contribution < -0.4 is 9.80 Å². The summed E-state index contributed by atoms with van der Waals surface area (Å²) in [5.74, 6) is 4.08. The standard InChI is InChI=1S/C56H57N3/c1-56(2)48-22-12-9-19-42(48)45-35-41(27-28-49(45)56)58-51-23-13-10-20-43(51)46-31-38(25-29-53(46)58)39-26-30-54-47(32-39)44-21-11-14-24-52(44)59(54)55-34-40(36-15-5-3-6-16-36)33-50(57-55)37-17-7-4-8-18-37/h3-10,13-20,23-25,28-29,31,33-34,39,41,44-47,52-54H,11-12,21-22,26-27,30,32,35H2,1-2H3. The molecule has 0 N–H and O–H groups in total. The van der Waals surface area contributed by atoms with Gasteiger partial charge in [-0.2, -0.15) is 0 Å². The largest absolute Gasteiger partial charge is 0.361 e. The lowest BCUT2D eigenvalue weighted by Crippen LogP contribution is -2.44. The van der Waals surface area contributed by atoms with Crippen molar-refractivity contribution in [1.82, 2.24) is 4.98 Å². The highest BCUT2D eigenvalue weighted by atomic mass is 15.3. The van der Waals surface area contributed by atoms with E-state index in [0.717, 1.165) is 17.9 Å². The summed E-state index contributed by atoms with van der Waals surface area (Å²) < 4.78 is 0. The molecule has 1 aromatic heterocycles. The molecular weight excluding hydrogens is 715 g/mol. The van der Waals surface area contributed by atoms with E-state index in [1.165, 1.54) is 79.3 Å². The van der Waals surface area contributed by atoms with E-state index in [1.807, 2.05) is 0 Å². The van der Waals surface area contributed by atoms with Gasteiger partial charge in [-0.1, -0.05) is 152 Å². The summed E-state index contributed by atoms with van der Waals surface area (Å²) in [4.78, 5) is 11.1. The molecule has 6 aliphatic carbocycles. The second kappa shape index (κ2) is 14.0. The molecule has 3 heterocycles. The normalized spacial score (nSPS) is 32.1. The maximum absolute atomic E-state index is 5.51. The SMILES string of the molecule is CC1(C)C2=CCC(N3c4ccccc4C4C=C(C5CCC6C(C5)C5CCC=CC5N6c5cc(-c6ccccc6)cc(-c6ccccc6)n5)C=CC43)CC2C2=C1CCC=C2. The number of hydrogen-bond acceptors (Lipinski definition) is 3. The van der Waals surface area contributed by atoms with Gasteiger partial charge in [0.05, 0.1) is 17.8 Å². The van der Waals surface area contributed by atoms with E-state index in [4.69, 9.17) is 4.98 Å². The van der Waals surface area contributed by atoms with Gasteiger partial charge >= 0.3 is 0 Å². The van der Waals surface area contributed by atoms with E-state index in [9.17, 15) is 0 Å². The lowest BCUT2D eigenvalue weighted by molar-refractivity contribution is 0.224. The van der Waals surface area contributed by atoms with Crippen LogP contribution in [0.15, 0.2) is 168 Å². The Labute approximate surface area is 351 Å². The van der Waals surface area contributed by atoms with Gasteiger partial charge in [-0.25, -0.2) is 4.98 Å². The number of hydrogen-bond donors (Lipinski definition) is 0. The molecule has 296 valence electrons. The van der Waals surface area contributed by atoms with E-state index in [1.54, 1.807) is 22.3 Å². The van der Waals surface area contributed by atoms with Crippen LogP contribution in [-0.4, -0.2) is 29.2 Å². The van der Waals surface area contributed by atoms with Crippen LogP contribution in [0, 0.1) is 29.1 Å². The number of rotatable bonds is 5. The van der Waals surface area contributed by atoms with Gasteiger partial charge in [0.2, 0.25) is 0 Å². The number of nitrogens with zero attached hydrogens (tertiary/aromatic N) is 3. The lowest BCUT2D eigenvalue weighted by Gasteiger charge is -2.42. The molecule has 0 bridgehead atoms. The van der Waals surface area contributed by atoms with Crippen molar-refractivity contribution < 1.29 is 0 Å². The van der Waals surface area contributed by atoms with Gasteiger partial charge in [0, 0.05) is 40.6 Å². The van der Waals surface area contributed by atoms with Crippen LogP contribution in [0.5, 0.6) is 0 Å². The van der Waals surface area contributed by atoms with Gasteiger partial charge in [0.25, 0.3) is 0 Å². The number of aromatic nitrogens is 1. The van der Waals surface area contributed by atoms with Gasteiger partial charge in [0.15, 0.2) is 0 Å². The van der Waals surface area contributed by atoms with E-state index in [-0.39, 0.29) is 5.41 Å². The minimum absolute atomic E-state index is 0.209. The van der Waals surface area contributed by atoms with Crippen LogP contribution in [0.2, 0.25) is 0 Å². The Bertz CT molecular complexity index is 2420. The van der Waals surface area contributed by atoms with Crippen LogP contribution in [0.4, 0.5) is 11.5 Å². The maximum Gasteiger partial charge on any atom is 0.130 e. The second-order valence-corrected chi connectivity index (χ2v) is 19.5. The highest BCUT2D eigenvalue weighted by Gasteiger charge is 2.52. The first-order chi connectivity index (χ1) is 29.0. The van der Waals surface area contributed by atoms with Crippen molar-refractivity contribution in [2.75, 3.05) is 9.80 Å². The monoisotopic (exact) mass is 771 g/mol. The summed E-state index contributed by atoms with van der Waals surface area (Å²) in [5, 5.41) is 0. The molecule has 8 aliphatic rings. The lowest BCUT2D eigenvalue weighted by atomic mass is 9.68. The number of fused-ring (bicyclic) bond motifs is 8. The van der Waals surface area contributed by atoms with Crippen LogP contribution in [0.1, 0.15) is 83.1 Å². The molecule has 2 fully saturated rings. The van der Waals surface area contributed by atoms with Crippen molar-refractivity contribution in [3.05, 3.63) is 174 Å². The summed E-state index contributed by atoms with van der Waals surface area (Å²) in [6.07, 6.45) is 31.6. The molecule has 0 amide bonds. The van der Waals surface area contributed by atoms with Crippen LogP contribution in [0.25, 0.3) is 22.4 Å². The highest BCUT2D eigenvalue weighted by Crippen LogP contribution is 2.59. The zero-order valence-electron chi connectivity index (χ0n) is 34.8. The number of benzene rings is 3. The van der Waals surface area contributed by atoms with Crippen molar-refractivity contribution >= 4 is 11.5 Å². The summed E-state index contributed by atoms with van der Waals surface area (Å²) in [7, 11) is 0. The number of anilines is 2. The Morgan fingerprint density at radius 1 is 0.695 bits per heavy atom. The summed E-state index contributed by atoms with van der Waals surface area (Å²) in [6, 6.07) is 37.7. The van der Waals surface area contributed by atoms with Crippen molar-refractivity contribution in [3.63, 3.8) is 0 Å². The average molecular weight is 772 g/mol. The topological polar surface area (TPSA) is 19.4 Å². The predicted octanol–water partition coefficient (Wildman–Crippen LogP) is 13.2. The molecule has 2 aliphatic heterocycles. The minimum atomic E-state index is 0.209. The first-order valence-corrected chi connectivity index (χ1v) is 23.0. The van der Waals surface area contributed by atoms with Gasteiger partial charge in [-0.05, 0) is 122 Å². The van der Waals surface area contributed by atoms with Crippen molar-refractivity contribution in [2.24, 2.45) is 29.1 Å².